The maximum absolute atomic E-state index is 12.8. The normalized spacial score (nSPS) is 12.4. The van der Waals surface area contributed by atoms with Gasteiger partial charge < -0.3 is 14.2 Å². The van der Waals surface area contributed by atoms with Gasteiger partial charge in [-0.1, -0.05) is 230 Å². The fourth-order valence-corrected chi connectivity index (χ4v) is 7.75. The Kier molecular flexibility index (Phi) is 49.8. The monoisotopic (exact) mass is 883 g/mol. The second-order valence-corrected chi connectivity index (χ2v) is 18.1. The number of hydrogen-bond donors (Lipinski definition) is 0. The van der Waals surface area contributed by atoms with Gasteiger partial charge in [-0.05, 0) is 77.0 Å². The summed E-state index contributed by atoms with van der Waals surface area (Å²) in [6, 6.07) is 0. The Morgan fingerprint density at radius 1 is 0.333 bits per heavy atom. The van der Waals surface area contributed by atoms with Crippen molar-refractivity contribution in [2.45, 2.75) is 284 Å². The summed E-state index contributed by atoms with van der Waals surface area (Å²) in [5, 5.41) is 0. The Morgan fingerprint density at radius 3 is 0.984 bits per heavy atom. The van der Waals surface area contributed by atoms with Gasteiger partial charge in [0.2, 0.25) is 0 Å². The van der Waals surface area contributed by atoms with E-state index in [4.69, 9.17) is 14.2 Å². The van der Waals surface area contributed by atoms with Crippen LogP contribution in [0.1, 0.15) is 278 Å². The molecule has 0 heterocycles. The summed E-state index contributed by atoms with van der Waals surface area (Å²) in [6.45, 7) is 6.52. The van der Waals surface area contributed by atoms with Crippen molar-refractivity contribution in [2.75, 3.05) is 13.2 Å². The molecular formula is C57H102O6. The fraction of sp³-hybridized carbons (Fsp3) is 0.807. The smallest absolute Gasteiger partial charge is 0.306 e. The van der Waals surface area contributed by atoms with E-state index in [2.05, 4.69) is 69.4 Å². The quantitative estimate of drug-likeness (QED) is 0.0262. The average molecular weight is 883 g/mol. The fourth-order valence-electron chi connectivity index (χ4n) is 7.75. The topological polar surface area (TPSA) is 78.9 Å². The van der Waals surface area contributed by atoms with Gasteiger partial charge in [0.1, 0.15) is 13.2 Å². The van der Waals surface area contributed by atoms with Gasteiger partial charge in [-0.2, -0.15) is 0 Å². The third-order valence-corrected chi connectivity index (χ3v) is 11.8. The number of unbranched alkanes of at least 4 members (excludes halogenated alkanes) is 30. The molecule has 63 heavy (non-hydrogen) atoms. The first-order chi connectivity index (χ1) is 31.0. The van der Waals surface area contributed by atoms with Gasteiger partial charge >= 0.3 is 17.9 Å². The Balaban J connectivity index is 4.39. The summed E-state index contributed by atoms with van der Waals surface area (Å²) in [4.78, 5) is 38.0. The van der Waals surface area contributed by atoms with Crippen LogP contribution in [0.25, 0.3) is 0 Å². The Hall–Kier alpha value is -2.63. The predicted molar refractivity (Wildman–Crippen MR) is 270 cm³/mol. The van der Waals surface area contributed by atoms with Crippen LogP contribution in [0.4, 0.5) is 0 Å². The molecule has 0 aliphatic heterocycles. The summed E-state index contributed by atoms with van der Waals surface area (Å²) in [6.07, 6.45) is 62.4. The van der Waals surface area contributed by atoms with Gasteiger partial charge in [-0.15, -0.1) is 0 Å². The van der Waals surface area contributed by atoms with E-state index in [1.54, 1.807) is 0 Å². The first-order valence-electron chi connectivity index (χ1n) is 27.1. The molecule has 1 atom stereocenters. The van der Waals surface area contributed by atoms with E-state index in [0.717, 1.165) is 103 Å². The lowest BCUT2D eigenvalue weighted by molar-refractivity contribution is -0.167. The molecule has 0 rings (SSSR count). The van der Waals surface area contributed by atoms with Crippen LogP contribution < -0.4 is 0 Å². The average Bonchev–Trinajstić information content (AvgIpc) is 3.28. The van der Waals surface area contributed by atoms with Crippen LogP contribution in [0, 0.1) is 0 Å². The molecule has 0 spiro atoms. The predicted octanol–water partition coefficient (Wildman–Crippen LogP) is 17.9. The number of carbonyl (C=O) groups is 3. The standard InChI is InChI=1S/C57H102O6/c1-4-7-10-13-16-19-22-25-28-30-32-35-38-41-44-47-50-56(59)62-53-54(52-61-55(58)49-46-43-40-37-34-31-27-24-21-18-15-12-9-6-3)63-57(60)51-48-45-42-39-36-33-29-26-23-20-17-14-11-8-5-2/h8,11,17,20,24,26-27,29,54H,4-7,9-10,12-16,18-19,21-23,25,28,30-53H2,1-3H3/b11-8-,20-17-,27-24-,29-26-/t54-/m1/s1. The maximum atomic E-state index is 12.8. The van der Waals surface area contributed by atoms with E-state index in [0.29, 0.717) is 19.3 Å². The minimum atomic E-state index is -0.782. The Labute approximate surface area is 390 Å². The summed E-state index contributed by atoms with van der Waals surface area (Å²) in [5.74, 6) is -0.895. The molecule has 0 bridgehead atoms. The van der Waals surface area contributed by atoms with Crippen LogP contribution >= 0.6 is 0 Å². The van der Waals surface area contributed by atoms with Crippen molar-refractivity contribution in [1.82, 2.24) is 0 Å². The van der Waals surface area contributed by atoms with Crippen LogP contribution in [0.15, 0.2) is 48.6 Å². The molecule has 0 N–H and O–H groups in total. The molecule has 0 aromatic heterocycles. The zero-order valence-electron chi connectivity index (χ0n) is 41.8. The van der Waals surface area contributed by atoms with Crippen molar-refractivity contribution >= 4 is 17.9 Å². The van der Waals surface area contributed by atoms with E-state index in [1.807, 2.05) is 0 Å². The SMILES string of the molecule is CC/C=C\C/C=C\C/C=C\CCCCCCCC(=O)O[C@H](COC(=O)CCCCCCC/C=C\CCCCCCC)COC(=O)CCCCCCCCCCCCCCCCCC. The van der Waals surface area contributed by atoms with E-state index in [9.17, 15) is 14.4 Å². The van der Waals surface area contributed by atoms with E-state index in [1.165, 1.54) is 135 Å². The molecule has 366 valence electrons. The number of allylic oxidation sites excluding steroid dienone is 8. The van der Waals surface area contributed by atoms with Crippen LogP contribution in [-0.4, -0.2) is 37.2 Å². The van der Waals surface area contributed by atoms with Gasteiger partial charge in [0.25, 0.3) is 0 Å². The summed E-state index contributed by atoms with van der Waals surface area (Å²) in [5.41, 5.74) is 0. The van der Waals surface area contributed by atoms with Crippen LogP contribution in [0.5, 0.6) is 0 Å². The van der Waals surface area contributed by atoms with Gasteiger partial charge in [-0.25, -0.2) is 0 Å². The van der Waals surface area contributed by atoms with E-state index >= 15 is 0 Å². The minimum absolute atomic E-state index is 0.0801. The van der Waals surface area contributed by atoms with Crippen molar-refractivity contribution < 1.29 is 28.6 Å². The lowest BCUT2D eigenvalue weighted by atomic mass is 10.0. The molecule has 0 saturated heterocycles. The van der Waals surface area contributed by atoms with E-state index in [-0.39, 0.29) is 31.1 Å². The van der Waals surface area contributed by atoms with Gasteiger partial charge in [0.05, 0.1) is 0 Å². The molecule has 6 heteroatoms. The highest BCUT2D eigenvalue weighted by molar-refractivity contribution is 5.71. The van der Waals surface area contributed by atoms with Crippen LogP contribution in [-0.2, 0) is 28.6 Å². The number of hydrogen-bond acceptors (Lipinski definition) is 6. The highest BCUT2D eigenvalue weighted by atomic mass is 16.6. The molecular weight excluding hydrogens is 781 g/mol. The molecule has 0 aromatic carbocycles. The lowest BCUT2D eigenvalue weighted by Crippen LogP contribution is -2.30. The largest absolute Gasteiger partial charge is 0.462 e. The molecule has 0 amide bonds. The molecule has 0 radical (unpaired) electrons. The molecule has 0 aliphatic carbocycles. The highest BCUT2D eigenvalue weighted by Crippen LogP contribution is 2.16. The van der Waals surface area contributed by atoms with Gasteiger partial charge in [0, 0.05) is 19.3 Å². The second kappa shape index (κ2) is 52.0. The number of carbonyl (C=O) groups excluding carboxylic acids is 3. The molecule has 0 unspecified atom stereocenters. The second-order valence-electron chi connectivity index (χ2n) is 18.1. The highest BCUT2D eigenvalue weighted by Gasteiger charge is 2.19. The van der Waals surface area contributed by atoms with Crippen molar-refractivity contribution in [3.63, 3.8) is 0 Å². The molecule has 0 aromatic rings. The maximum Gasteiger partial charge on any atom is 0.306 e. The number of esters is 3. The van der Waals surface area contributed by atoms with Gasteiger partial charge in [0.15, 0.2) is 6.10 Å². The lowest BCUT2D eigenvalue weighted by Gasteiger charge is -2.18. The third kappa shape index (κ3) is 50.2. The zero-order chi connectivity index (χ0) is 45.8. The number of ether oxygens (including phenoxy) is 3. The summed E-state index contributed by atoms with van der Waals surface area (Å²) < 4.78 is 16.8. The Morgan fingerprint density at radius 2 is 0.619 bits per heavy atom. The van der Waals surface area contributed by atoms with Crippen molar-refractivity contribution in [2.24, 2.45) is 0 Å². The zero-order valence-corrected chi connectivity index (χ0v) is 41.8. The Bertz CT molecular complexity index is 1110. The van der Waals surface area contributed by atoms with Crippen molar-refractivity contribution in [3.05, 3.63) is 48.6 Å². The van der Waals surface area contributed by atoms with Crippen molar-refractivity contribution in [1.29, 1.82) is 0 Å². The van der Waals surface area contributed by atoms with Gasteiger partial charge in [-0.3, -0.25) is 14.4 Å². The first-order valence-corrected chi connectivity index (χ1v) is 27.1. The minimum Gasteiger partial charge on any atom is -0.462 e. The summed E-state index contributed by atoms with van der Waals surface area (Å²) in [7, 11) is 0. The third-order valence-electron chi connectivity index (χ3n) is 11.8. The number of rotatable bonds is 49. The molecule has 0 saturated carbocycles. The van der Waals surface area contributed by atoms with E-state index < -0.39 is 6.10 Å². The van der Waals surface area contributed by atoms with Crippen molar-refractivity contribution in [3.8, 4) is 0 Å². The molecule has 6 nitrogen and oxygen atoms in total. The van der Waals surface area contributed by atoms with Crippen LogP contribution in [0.3, 0.4) is 0 Å². The first kappa shape index (κ1) is 60.4. The molecule has 0 fully saturated rings. The van der Waals surface area contributed by atoms with Crippen LogP contribution in [0.2, 0.25) is 0 Å². The molecule has 0 aliphatic rings. The summed E-state index contributed by atoms with van der Waals surface area (Å²) >= 11 is 0.